The summed E-state index contributed by atoms with van der Waals surface area (Å²) in [5, 5.41) is 0.524. The normalized spacial score (nSPS) is 9.64. The number of rotatable bonds is 1. The van der Waals surface area contributed by atoms with Gasteiger partial charge in [-0.25, -0.2) is 0 Å². The summed E-state index contributed by atoms with van der Waals surface area (Å²) in [6.07, 6.45) is 0.750. The van der Waals surface area contributed by atoms with Crippen LogP contribution in [0.1, 0.15) is 15.9 Å². The molecule has 0 atom stereocenters. The molecular formula is C8H8ClNO. The van der Waals surface area contributed by atoms with E-state index in [2.05, 4.69) is 0 Å². The highest BCUT2D eigenvalue weighted by Crippen LogP contribution is 2.23. The molecule has 1 rings (SSSR count). The lowest BCUT2D eigenvalue weighted by atomic mass is 10.1. The van der Waals surface area contributed by atoms with Gasteiger partial charge >= 0.3 is 0 Å². The fourth-order valence-corrected chi connectivity index (χ4v) is 1.00. The van der Waals surface area contributed by atoms with Gasteiger partial charge in [0.25, 0.3) is 0 Å². The van der Waals surface area contributed by atoms with Crippen molar-refractivity contribution in [3.8, 4) is 0 Å². The van der Waals surface area contributed by atoms with Crippen molar-refractivity contribution in [3.63, 3.8) is 0 Å². The molecule has 0 fully saturated rings. The lowest BCUT2D eigenvalue weighted by Gasteiger charge is -2.01. The molecule has 0 amide bonds. The van der Waals surface area contributed by atoms with Crippen LogP contribution >= 0.6 is 11.6 Å². The quantitative estimate of drug-likeness (QED) is 0.517. The Balaban J connectivity index is 3.31. The van der Waals surface area contributed by atoms with Crippen LogP contribution in [-0.4, -0.2) is 6.29 Å². The van der Waals surface area contributed by atoms with E-state index in [9.17, 15) is 4.79 Å². The van der Waals surface area contributed by atoms with Crippen molar-refractivity contribution in [2.75, 3.05) is 5.73 Å². The molecule has 1 aromatic carbocycles. The molecule has 0 radical (unpaired) electrons. The molecule has 0 aliphatic heterocycles. The molecule has 0 bridgehead atoms. The average Bonchev–Trinajstić information content (AvgIpc) is 1.99. The zero-order valence-electron chi connectivity index (χ0n) is 6.10. The molecule has 0 aliphatic rings. The number of nitrogen functional groups attached to an aromatic ring is 1. The molecule has 58 valence electrons. The Labute approximate surface area is 70.0 Å². The third-order valence-corrected chi connectivity index (χ3v) is 1.96. The second kappa shape index (κ2) is 2.93. The summed E-state index contributed by atoms with van der Waals surface area (Å²) in [5.41, 5.74) is 7.35. The van der Waals surface area contributed by atoms with Gasteiger partial charge in [-0.05, 0) is 24.6 Å². The Hall–Kier alpha value is -1.02. The van der Waals surface area contributed by atoms with Crippen molar-refractivity contribution in [3.05, 3.63) is 28.3 Å². The van der Waals surface area contributed by atoms with Crippen molar-refractivity contribution in [2.45, 2.75) is 6.92 Å². The number of aryl methyl sites for hydroxylation is 1. The van der Waals surface area contributed by atoms with Crippen LogP contribution in [0.3, 0.4) is 0 Å². The fraction of sp³-hybridized carbons (Fsp3) is 0.125. The highest BCUT2D eigenvalue weighted by Gasteiger charge is 2.01. The second-order valence-corrected chi connectivity index (χ2v) is 2.74. The first-order chi connectivity index (χ1) is 5.15. The summed E-state index contributed by atoms with van der Waals surface area (Å²) >= 11 is 5.77. The number of hydrogen-bond acceptors (Lipinski definition) is 2. The van der Waals surface area contributed by atoms with Crippen molar-refractivity contribution in [2.24, 2.45) is 0 Å². The van der Waals surface area contributed by atoms with E-state index in [4.69, 9.17) is 17.3 Å². The van der Waals surface area contributed by atoms with Gasteiger partial charge in [-0.1, -0.05) is 11.6 Å². The number of nitrogens with two attached hydrogens (primary N) is 1. The second-order valence-electron chi connectivity index (χ2n) is 2.36. The van der Waals surface area contributed by atoms with E-state index in [1.54, 1.807) is 12.1 Å². The number of halogens is 1. The van der Waals surface area contributed by atoms with Gasteiger partial charge < -0.3 is 5.73 Å². The summed E-state index contributed by atoms with van der Waals surface area (Å²) in [7, 11) is 0. The topological polar surface area (TPSA) is 43.1 Å². The molecule has 0 heterocycles. The molecular weight excluding hydrogens is 162 g/mol. The molecule has 0 spiro atoms. The largest absolute Gasteiger partial charge is 0.397 e. The Bertz CT molecular complexity index is 273. The first kappa shape index (κ1) is 8.08. The maximum absolute atomic E-state index is 10.3. The monoisotopic (exact) mass is 169 g/mol. The summed E-state index contributed by atoms with van der Waals surface area (Å²) in [6, 6.07) is 3.26. The minimum absolute atomic E-state index is 0.453. The molecule has 0 saturated heterocycles. The van der Waals surface area contributed by atoms with Crippen LogP contribution in [0.25, 0.3) is 0 Å². The van der Waals surface area contributed by atoms with Gasteiger partial charge in [-0.3, -0.25) is 4.79 Å². The molecule has 1 aromatic rings. The highest BCUT2D eigenvalue weighted by atomic mass is 35.5. The number of carbonyl (C=O) groups is 1. The van der Waals surface area contributed by atoms with E-state index in [0.717, 1.165) is 11.8 Å². The summed E-state index contributed by atoms with van der Waals surface area (Å²) in [5.74, 6) is 0. The van der Waals surface area contributed by atoms with E-state index < -0.39 is 0 Å². The van der Waals surface area contributed by atoms with Crippen molar-refractivity contribution >= 4 is 23.6 Å². The minimum Gasteiger partial charge on any atom is -0.397 e. The van der Waals surface area contributed by atoms with Crippen LogP contribution in [0.5, 0.6) is 0 Å². The standard InChI is InChI=1S/C8H8ClNO/c1-5-2-6(4-11)3-7(10)8(5)9/h2-4H,10H2,1H3. The maximum Gasteiger partial charge on any atom is 0.150 e. The van der Waals surface area contributed by atoms with Gasteiger partial charge in [0.05, 0.1) is 10.7 Å². The number of benzene rings is 1. The summed E-state index contributed by atoms with van der Waals surface area (Å²) in [4.78, 5) is 10.3. The SMILES string of the molecule is Cc1cc(C=O)cc(N)c1Cl. The smallest absolute Gasteiger partial charge is 0.150 e. The Morgan fingerprint density at radius 3 is 2.64 bits per heavy atom. The first-order valence-corrected chi connectivity index (χ1v) is 3.53. The molecule has 3 heteroatoms. The van der Waals surface area contributed by atoms with Gasteiger partial charge in [0.2, 0.25) is 0 Å². The van der Waals surface area contributed by atoms with Crippen molar-refractivity contribution in [1.29, 1.82) is 0 Å². The van der Waals surface area contributed by atoms with Crippen LogP contribution < -0.4 is 5.73 Å². The number of aldehydes is 1. The highest BCUT2D eigenvalue weighted by molar-refractivity contribution is 6.33. The van der Waals surface area contributed by atoms with E-state index in [1.165, 1.54) is 0 Å². The van der Waals surface area contributed by atoms with Gasteiger partial charge in [0.1, 0.15) is 6.29 Å². The fourth-order valence-electron chi connectivity index (χ4n) is 0.894. The first-order valence-electron chi connectivity index (χ1n) is 3.16. The van der Waals surface area contributed by atoms with Gasteiger partial charge in [0, 0.05) is 5.56 Å². The Morgan fingerprint density at radius 1 is 1.55 bits per heavy atom. The maximum atomic E-state index is 10.3. The van der Waals surface area contributed by atoms with Crippen LogP contribution in [0.4, 0.5) is 5.69 Å². The Morgan fingerprint density at radius 2 is 2.18 bits per heavy atom. The van der Waals surface area contributed by atoms with E-state index >= 15 is 0 Å². The van der Waals surface area contributed by atoms with E-state index in [-0.39, 0.29) is 0 Å². The van der Waals surface area contributed by atoms with Crippen LogP contribution in [0, 0.1) is 6.92 Å². The van der Waals surface area contributed by atoms with Gasteiger partial charge in [0.15, 0.2) is 0 Å². The summed E-state index contributed by atoms with van der Waals surface area (Å²) < 4.78 is 0. The number of anilines is 1. The third-order valence-electron chi connectivity index (χ3n) is 1.44. The molecule has 2 N–H and O–H groups in total. The van der Waals surface area contributed by atoms with E-state index in [1.807, 2.05) is 6.92 Å². The zero-order valence-corrected chi connectivity index (χ0v) is 6.85. The zero-order chi connectivity index (χ0) is 8.43. The molecule has 11 heavy (non-hydrogen) atoms. The van der Waals surface area contributed by atoms with Crippen molar-refractivity contribution in [1.82, 2.24) is 0 Å². The lowest BCUT2D eigenvalue weighted by Crippen LogP contribution is -1.91. The molecule has 2 nitrogen and oxygen atoms in total. The average molecular weight is 170 g/mol. The molecule has 0 aromatic heterocycles. The lowest BCUT2D eigenvalue weighted by molar-refractivity contribution is 0.112. The Kier molecular flexibility index (Phi) is 2.15. The summed E-state index contributed by atoms with van der Waals surface area (Å²) in [6.45, 7) is 1.81. The van der Waals surface area contributed by atoms with Crippen LogP contribution in [-0.2, 0) is 0 Å². The predicted octanol–water partition coefficient (Wildman–Crippen LogP) is 2.04. The van der Waals surface area contributed by atoms with Crippen LogP contribution in [0.15, 0.2) is 12.1 Å². The third kappa shape index (κ3) is 1.52. The molecule has 0 aliphatic carbocycles. The van der Waals surface area contributed by atoms with Gasteiger partial charge in [-0.15, -0.1) is 0 Å². The minimum atomic E-state index is 0.453. The van der Waals surface area contributed by atoms with Gasteiger partial charge in [-0.2, -0.15) is 0 Å². The van der Waals surface area contributed by atoms with E-state index in [0.29, 0.717) is 16.3 Å². The predicted molar refractivity (Wildman–Crippen MR) is 46.0 cm³/mol. The number of hydrogen-bond donors (Lipinski definition) is 1. The molecule has 0 unspecified atom stereocenters. The number of carbonyl (C=O) groups excluding carboxylic acids is 1. The molecule has 0 saturated carbocycles. The van der Waals surface area contributed by atoms with Crippen molar-refractivity contribution < 1.29 is 4.79 Å². The van der Waals surface area contributed by atoms with Crippen LogP contribution in [0.2, 0.25) is 5.02 Å².